The highest BCUT2D eigenvalue weighted by Crippen LogP contribution is 2.24. The van der Waals surface area contributed by atoms with Gasteiger partial charge in [0.1, 0.15) is 11.6 Å². The molecule has 1 aliphatic rings. The van der Waals surface area contributed by atoms with E-state index in [2.05, 4.69) is 25.1 Å². The predicted octanol–water partition coefficient (Wildman–Crippen LogP) is 4.65. The van der Waals surface area contributed by atoms with Gasteiger partial charge >= 0.3 is 0 Å². The molecule has 3 aromatic rings. The number of hydrogen-bond donors (Lipinski definition) is 1. The van der Waals surface area contributed by atoms with Gasteiger partial charge in [0.15, 0.2) is 0 Å². The number of hydrogen-bond acceptors (Lipinski definition) is 5. The Morgan fingerprint density at radius 3 is 2.39 bits per heavy atom. The van der Waals surface area contributed by atoms with Crippen LogP contribution in [0.3, 0.4) is 0 Å². The molecule has 2 heterocycles. The van der Waals surface area contributed by atoms with E-state index in [1.807, 2.05) is 43.3 Å². The van der Waals surface area contributed by atoms with E-state index in [0.717, 1.165) is 48.9 Å². The van der Waals surface area contributed by atoms with Crippen molar-refractivity contribution in [1.29, 1.82) is 0 Å². The summed E-state index contributed by atoms with van der Waals surface area (Å²) in [7, 11) is 0. The monoisotopic (exact) mass is 397 g/mol. The number of aryl methyl sites for hydroxylation is 1. The smallest absolute Gasteiger partial charge is 0.227 e. The fraction of sp³-hybridized carbons (Fsp3) is 0.238. The highest BCUT2D eigenvalue weighted by atomic mass is 35.5. The molecule has 28 heavy (non-hydrogen) atoms. The van der Waals surface area contributed by atoms with Crippen LogP contribution in [0.15, 0.2) is 54.7 Å². The summed E-state index contributed by atoms with van der Waals surface area (Å²) in [6.45, 7) is 5.29. The summed E-state index contributed by atoms with van der Waals surface area (Å²) in [6.07, 6.45) is 1.77. The van der Waals surface area contributed by atoms with Crippen molar-refractivity contribution in [3.63, 3.8) is 0 Å². The number of aromatic nitrogens is 2. The SMILES string of the molecule is Cc1cc(Cl)ccc1Nc1ccnc(N2CCN(c3ccc(F)cc3)CC2)n1. The molecule has 0 unspecified atom stereocenters. The molecule has 0 saturated carbocycles. The molecule has 0 aliphatic carbocycles. The zero-order chi connectivity index (χ0) is 19.5. The highest BCUT2D eigenvalue weighted by Gasteiger charge is 2.19. The molecule has 2 aromatic carbocycles. The van der Waals surface area contributed by atoms with Crippen molar-refractivity contribution in [3.8, 4) is 0 Å². The molecule has 5 nitrogen and oxygen atoms in total. The summed E-state index contributed by atoms with van der Waals surface area (Å²) in [6, 6.07) is 14.2. The van der Waals surface area contributed by atoms with Crippen LogP contribution in [0.2, 0.25) is 5.02 Å². The maximum atomic E-state index is 13.1. The fourth-order valence-electron chi connectivity index (χ4n) is 3.29. The van der Waals surface area contributed by atoms with Crippen molar-refractivity contribution >= 4 is 34.7 Å². The van der Waals surface area contributed by atoms with Crippen LogP contribution in [-0.4, -0.2) is 36.1 Å². The van der Waals surface area contributed by atoms with E-state index in [1.54, 1.807) is 6.20 Å². The van der Waals surface area contributed by atoms with Gasteiger partial charge in [-0.25, -0.2) is 9.37 Å². The molecule has 0 spiro atoms. The lowest BCUT2D eigenvalue weighted by Gasteiger charge is -2.36. The van der Waals surface area contributed by atoms with Crippen LogP contribution in [0.25, 0.3) is 0 Å². The molecule has 144 valence electrons. The van der Waals surface area contributed by atoms with Gasteiger partial charge in [0.2, 0.25) is 5.95 Å². The van der Waals surface area contributed by atoms with Gasteiger partial charge in [-0.15, -0.1) is 0 Å². The van der Waals surface area contributed by atoms with Crippen molar-refractivity contribution in [3.05, 3.63) is 71.1 Å². The highest BCUT2D eigenvalue weighted by molar-refractivity contribution is 6.30. The number of anilines is 4. The standard InChI is InChI=1S/C21H21ClFN5/c1-15-14-16(22)2-7-19(15)25-20-8-9-24-21(26-20)28-12-10-27(11-13-28)18-5-3-17(23)4-6-18/h2-9,14H,10-13H2,1H3,(H,24,25,26). The number of rotatable bonds is 4. The van der Waals surface area contributed by atoms with Crippen molar-refractivity contribution in [2.45, 2.75) is 6.92 Å². The zero-order valence-corrected chi connectivity index (χ0v) is 16.3. The Kier molecular flexibility index (Phi) is 5.30. The van der Waals surface area contributed by atoms with E-state index in [-0.39, 0.29) is 5.82 Å². The van der Waals surface area contributed by atoms with Crippen LogP contribution in [0.1, 0.15) is 5.56 Å². The van der Waals surface area contributed by atoms with Gasteiger partial charge in [-0.3, -0.25) is 0 Å². The fourth-order valence-corrected chi connectivity index (χ4v) is 3.52. The second-order valence-corrected chi connectivity index (χ2v) is 7.21. The Morgan fingerprint density at radius 1 is 0.964 bits per heavy atom. The number of halogens is 2. The normalized spacial score (nSPS) is 14.2. The van der Waals surface area contributed by atoms with E-state index >= 15 is 0 Å². The van der Waals surface area contributed by atoms with Crippen molar-refractivity contribution in [1.82, 2.24) is 9.97 Å². The van der Waals surface area contributed by atoms with Crippen LogP contribution in [0.4, 0.5) is 27.5 Å². The second kappa shape index (κ2) is 8.02. The summed E-state index contributed by atoms with van der Waals surface area (Å²) < 4.78 is 13.1. The van der Waals surface area contributed by atoms with E-state index in [9.17, 15) is 4.39 Å². The van der Waals surface area contributed by atoms with Crippen LogP contribution in [-0.2, 0) is 0 Å². The van der Waals surface area contributed by atoms with Crippen LogP contribution < -0.4 is 15.1 Å². The lowest BCUT2D eigenvalue weighted by Crippen LogP contribution is -2.47. The van der Waals surface area contributed by atoms with Crippen LogP contribution in [0.5, 0.6) is 0 Å². The summed E-state index contributed by atoms with van der Waals surface area (Å²) in [5.74, 6) is 1.24. The largest absolute Gasteiger partial charge is 0.368 e. The minimum absolute atomic E-state index is 0.212. The number of piperazine rings is 1. The van der Waals surface area contributed by atoms with Gasteiger partial charge in [-0.1, -0.05) is 11.6 Å². The molecule has 1 saturated heterocycles. The van der Waals surface area contributed by atoms with E-state index in [0.29, 0.717) is 11.0 Å². The summed E-state index contributed by atoms with van der Waals surface area (Å²) in [4.78, 5) is 13.5. The third-order valence-corrected chi connectivity index (χ3v) is 5.08. The van der Waals surface area contributed by atoms with Crippen molar-refractivity contribution < 1.29 is 4.39 Å². The average Bonchev–Trinajstić information content (AvgIpc) is 2.71. The van der Waals surface area contributed by atoms with Gasteiger partial charge in [0.05, 0.1) is 0 Å². The zero-order valence-electron chi connectivity index (χ0n) is 15.6. The summed E-state index contributed by atoms with van der Waals surface area (Å²) >= 11 is 6.03. The topological polar surface area (TPSA) is 44.3 Å². The Morgan fingerprint density at radius 2 is 1.68 bits per heavy atom. The number of benzene rings is 2. The Balaban J connectivity index is 1.43. The van der Waals surface area contributed by atoms with Gasteiger partial charge in [0.25, 0.3) is 0 Å². The van der Waals surface area contributed by atoms with Gasteiger partial charge in [-0.05, 0) is 61.0 Å². The third kappa shape index (κ3) is 4.17. The molecule has 0 bridgehead atoms. The maximum absolute atomic E-state index is 13.1. The third-order valence-electron chi connectivity index (χ3n) is 4.85. The Hall–Kier alpha value is -2.86. The number of nitrogens with zero attached hydrogens (tertiary/aromatic N) is 4. The second-order valence-electron chi connectivity index (χ2n) is 6.78. The molecule has 7 heteroatoms. The molecular formula is C21H21ClFN5. The Bertz CT molecular complexity index is 955. The van der Waals surface area contributed by atoms with Crippen LogP contribution in [0, 0.1) is 12.7 Å². The van der Waals surface area contributed by atoms with E-state index < -0.39 is 0 Å². The minimum atomic E-state index is -0.212. The maximum Gasteiger partial charge on any atom is 0.227 e. The lowest BCUT2D eigenvalue weighted by molar-refractivity contribution is 0.623. The molecule has 4 rings (SSSR count). The lowest BCUT2D eigenvalue weighted by atomic mass is 10.2. The first kappa shape index (κ1) is 18.5. The van der Waals surface area contributed by atoms with Crippen molar-refractivity contribution in [2.75, 3.05) is 41.3 Å². The van der Waals surface area contributed by atoms with Gasteiger partial charge in [0, 0.05) is 48.8 Å². The first-order valence-electron chi connectivity index (χ1n) is 9.20. The average molecular weight is 398 g/mol. The summed E-state index contributed by atoms with van der Waals surface area (Å²) in [5, 5.41) is 4.05. The molecular weight excluding hydrogens is 377 g/mol. The minimum Gasteiger partial charge on any atom is -0.368 e. The summed E-state index contributed by atoms with van der Waals surface area (Å²) in [5.41, 5.74) is 3.06. The Labute approximate surface area is 168 Å². The predicted molar refractivity (Wildman–Crippen MR) is 112 cm³/mol. The van der Waals surface area contributed by atoms with Gasteiger partial charge < -0.3 is 15.1 Å². The van der Waals surface area contributed by atoms with E-state index in [1.165, 1.54) is 12.1 Å². The van der Waals surface area contributed by atoms with E-state index in [4.69, 9.17) is 11.6 Å². The van der Waals surface area contributed by atoms with Crippen molar-refractivity contribution in [2.24, 2.45) is 0 Å². The van der Waals surface area contributed by atoms with Crippen LogP contribution >= 0.6 is 11.6 Å². The molecule has 1 aromatic heterocycles. The first-order valence-corrected chi connectivity index (χ1v) is 9.58. The number of nitrogens with one attached hydrogen (secondary N) is 1. The molecule has 0 radical (unpaired) electrons. The molecule has 1 aliphatic heterocycles. The quantitative estimate of drug-likeness (QED) is 0.694. The van der Waals surface area contributed by atoms with Gasteiger partial charge in [-0.2, -0.15) is 4.98 Å². The molecule has 1 N–H and O–H groups in total. The molecule has 0 amide bonds. The molecule has 1 fully saturated rings. The molecule has 0 atom stereocenters. The first-order chi connectivity index (χ1) is 13.6.